The van der Waals surface area contributed by atoms with Gasteiger partial charge in [0, 0.05) is 17.0 Å². The number of nitrogens with zero attached hydrogens (tertiary/aromatic N) is 4. The summed E-state index contributed by atoms with van der Waals surface area (Å²) < 4.78 is 10.4. The van der Waals surface area contributed by atoms with Crippen molar-refractivity contribution in [1.82, 2.24) is 0 Å². The van der Waals surface area contributed by atoms with Crippen LogP contribution in [0.25, 0.3) is 9.69 Å². The molecule has 8 heteroatoms. The van der Waals surface area contributed by atoms with Gasteiger partial charge in [0.05, 0.1) is 25.3 Å². The number of carbonyl (C=O) groups is 2. The van der Waals surface area contributed by atoms with Crippen LogP contribution in [0.2, 0.25) is 0 Å². The summed E-state index contributed by atoms with van der Waals surface area (Å²) in [7, 11) is 0. The lowest BCUT2D eigenvalue weighted by Gasteiger charge is -2.05. The molecular formula is C24H18N4O4. The minimum absolute atomic E-state index is 0.0248. The molecule has 8 nitrogen and oxygen atoms in total. The molecule has 0 radical (unpaired) electrons. The number of benzene rings is 2. The van der Waals surface area contributed by atoms with E-state index in [0.29, 0.717) is 34.0 Å². The Labute approximate surface area is 185 Å². The number of ketones is 2. The van der Waals surface area contributed by atoms with Crippen LogP contribution in [0.3, 0.4) is 0 Å². The van der Waals surface area contributed by atoms with Crippen molar-refractivity contribution < 1.29 is 19.1 Å². The summed E-state index contributed by atoms with van der Waals surface area (Å²) in [6.07, 6.45) is 1.90. The molecule has 32 heavy (non-hydrogen) atoms. The Morgan fingerprint density at radius 3 is 1.75 bits per heavy atom. The molecule has 0 atom stereocenters. The van der Waals surface area contributed by atoms with Crippen molar-refractivity contribution in [3.8, 4) is 23.6 Å². The summed E-state index contributed by atoms with van der Waals surface area (Å²) in [6, 6.07) is 12.9. The van der Waals surface area contributed by atoms with Gasteiger partial charge in [0.25, 0.3) is 0 Å². The van der Waals surface area contributed by atoms with Crippen LogP contribution in [0.4, 0.5) is 11.4 Å². The fourth-order valence-corrected chi connectivity index (χ4v) is 2.45. The van der Waals surface area contributed by atoms with Crippen LogP contribution in [0.1, 0.15) is 30.9 Å². The second kappa shape index (κ2) is 11.5. The molecule has 158 valence electrons. The van der Waals surface area contributed by atoms with Crippen molar-refractivity contribution in [2.45, 2.75) is 19.8 Å². The fraction of sp³-hybridized carbons (Fsp3) is 0.250. The summed E-state index contributed by atoms with van der Waals surface area (Å²) in [5, 5.41) is 17.5. The number of carbonyl (C=O) groups excluding carboxylic acids is 2. The largest absolute Gasteiger partial charge is 0.487 e. The monoisotopic (exact) mass is 426 g/mol. The number of Topliss-reactive ketones (excluding diaryl/α,β-unsaturated/α-hetero) is 2. The van der Waals surface area contributed by atoms with Gasteiger partial charge in [-0.25, -0.2) is 9.69 Å². The molecule has 0 aliphatic heterocycles. The third-order valence-electron chi connectivity index (χ3n) is 4.15. The van der Waals surface area contributed by atoms with Gasteiger partial charge in [-0.1, -0.05) is 0 Å². The number of hydrogen-bond donors (Lipinski definition) is 0. The van der Waals surface area contributed by atoms with E-state index in [-0.39, 0.29) is 30.7 Å². The second-order valence-electron chi connectivity index (χ2n) is 6.90. The van der Waals surface area contributed by atoms with Gasteiger partial charge in [0.1, 0.15) is 24.7 Å². The van der Waals surface area contributed by atoms with E-state index >= 15 is 0 Å². The molecule has 0 amide bonds. The summed E-state index contributed by atoms with van der Waals surface area (Å²) in [5.41, 5.74) is 1.39. The van der Waals surface area contributed by atoms with E-state index < -0.39 is 0 Å². The highest BCUT2D eigenvalue weighted by molar-refractivity contribution is 5.84. The molecule has 1 aliphatic carbocycles. The minimum Gasteiger partial charge on any atom is -0.487 e. The van der Waals surface area contributed by atoms with Crippen molar-refractivity contribution in [3.63, 3.8) is 0 Å². The number of ether oxygens (including phenoxy) is 2. The topological polar surface area (TPSA) is 109 Å². The Kier molecular flexibility index (Phi) is 8.49. The maximum absolute atomic E-state index is 11.4. The zero-order valence-corrected chi connectivity index (χ0v) is 17.3. The predicted octanol–water partition coefficient (Wildman–Crippen LogP) is 4.54. The quantitative estimate of drug-likeness (QED) is 0.601. The van der Waals surface area contributed by atoms with Crippen LogP contribution in [-0.2, 0) is 9.59 Å². The van der Waals surface area contributed by atoms with E-state index in [2.05, 4.69) is 9.69 Å². The van der Waals surface area contributed by atoms with Crippen LogP contribution < -0.4 is 9.47 Å². The molecular weight excluding hydrogens is 408 g/mol. The molecule has 0 spiro atoms. The van der Waals surface area contributed by atoms with Crippen molar-refractivity contribution in [2.24, 2.45) is 5.92 Å². The van der Waals surface area contributed by atoms with Gasteiger partial charge in [0.2, 0.25) is 0 Å². The van der Waals surface area contributed by atoms with Crippen LogP contribution in [0.5, 0.6) is 11.5 Å². The first-order chi connectivity index (χ1) is 15.4. The lowest BCUT2D eigenvalue weighted by molar-refractivity contribution is -0.122. The van der Waals surface area contributed by atoms with Gasteiger partial charge in [0.15, 0.2) is 22.9 Å². The molecule has 0 N–H and O–H groups in total. The van der Waals surface area contributed by atoms with Gasteiger partial charge in [-0.3, -0.25) is 9.59 Å². The van der Waals surface area contributed by atoms with Crippen molar-refractivity contribution in [2.75, 3.05) is 13.2 Å². The predicted molar refractivity (Wildman–Crippen MR) is 114 cm³/mol. The lowest BCUT2D eigenvalue weighted by Crippen LogP contribution is -2.12. The smallest absolute Gasteiger partial charge is 0.192 e. The van der Waals surface area contributed by atoms with Crippen LogP contribution in [-0.4, -0.2) is 24.8 Å². The third-order valence-corrected chi connectivity index (χ3v) is 4.15. The summed E-state index contributed by atoms with van der Waals surface area (Å²) >= 11 is 0. The van der Waals surface area contributed by atoms with E-state index in [4.69, 9.17) is 33.1 Å². The highest BCUT2D eigenvalue weighted by Crippen LogP contribution is 2.30. The number of hydrogen-bond acceptors (Lipinski definition) is 6. The lowest BCUT2D eigenvalue weighted by atomic mass is 10.2. The minimum atomic E-state index is -0.110. The zero-order chi connectivity index (χ0) is 23.5. The standard InChI is InChI=1S/C13H10N2O2.C11H8N2O2/c1-15-11-4-9(7-14)5-12(6-11)17-8-13(16)10-2-3-10;1-8(14)7-15-11-4-9(6-12)3-10(5-11)13-2/h4-6,10H,2-3,8H2;3-5H,7H2,1H3. The van der Waals surface area contributed by atoms with E-state index in [1.807, 2.05) is 12.1 Å². The van der Waals surface area contributed by atoms with Gasteiger partial charge in [-0.15, -0.1) is 0 Å². The molecule has 1 fully saturated rings. The number of rotatable bonds is 7. The first-order valence-electron chi connectivity index (χ1n) is 9.51. The third kappa shape index (κ3) is 7.64. The molecule has 1 saturated carbocycles. The maximum Gasteiger partial charge on any atom is 0.192 e. The highest BCUT2D eigenvalue weighted by Gasteiger charge is 2.29. The molecule has 1 aliphatic rings. The Bertz CT molecular complexity index is 1120. The van der Waals surface area contributed by atoms with Gasteiger partial charge in [-0.2, -0.15) is 10.5 Å². The first-order valence-corrected chi connectivity index (χ1v) is 9.51. The van der Waals surface area contributed by atoms with Gasteiger partial charge in [-0.05, 0) is 56.2 Å². The Morgan fingerprint density at radius 1 is 0.906 bits per heavy atom. The van der Waals surface area contributed by atoms with E-state index in [9.17, 15) is 9.59 Å². The summed E-state index contributed by atoms with van der Waals surface area (Å²) in [6.45, 7) is 15.1. The molecule has 0 heterocycles. The first kappa shape index (κ1) is 23.6. The SMILES string of the molecule is [C-]#[N+]c1cc(C#N)cc(OCC(=O)C2CC2)c1.[C-]#[N+]c1cc(C#N)cc(OCC(C)=O)c1. The number of nitriles is 2. The highest BCUT2D eigenvalue weighted by atomic mass is 16.5. The molecule has 0 unspecified atom stereocenters. The van der Waals surface area contributed by atoms with Crippen molar-refractivity contribution in [3.05, 3.63) is 70.4 Å². The van der Waals surface area contributed by atoms with Crippen LogP contribution in [0, 0.1) is 41.7 Å². The zero-order valence-electron chi connectivity index (χ0n) is 17.3. The van der Waals surface area contributed by atoms with Gasteiger partial charge < -0.3 is 9.47 Å². The van der Waals surface area contributed by atoms with Crippen LogP contribution >= 0.6 is 0 Å². The molecule has 0 aromatic heterocycles. The molecule has 2 aromatic rings. The molecule has 2 aromatic carbocycles. The van der Waals surface area contributed by atoms with Crippen LogP contribution in [0.15, 0.2) is 36.4 Å². The Morgan fingerprint density at radius 2 is 1.38 bits per heavy atom. The summed E-state index contributed by atoms with van der Waals surface area (Å²) in [5.74, 6) is 0.923. The average molecular weight is 426 g/mol. The van der Waals surface area contributed by atoms with E-state index in [1.54, 1.807) is 0 Å². The van der Waals surface area contributed by atoms with Gasteiger partial charge >= 0.3 is 0 Å². The second-order valence-corrected chi connectivity index (χ2v) is 6.90. The van der Waals surface area contributed by atoms with Crippen molar-refractivity contribution in [1.29, 1.82) is 10.5 Å². The Hall–Kier alpha value is -4.66. The maximum atomic E-state index is 11.4. The average Bonchev–Trinajstić information content (AvgIpc) is 3.66. The van der Waals surface area contributed by atoms with Crippen molar-refractivity contribution >= 4 is 22.9 Å². The normalized spacial score (nSPS) is 11.3. The molecule has 3 rings (SSSR count). The Balaban J connectivity index is 0.000000229. The van der Waals surface area contributed by atoms with E-state index in [0.717, 1.165) is 12.8 Å². The van der Waals surface area contributed by atoms with E-state index in [1.165, 1.54) is 43.3 Å². The molecule has 0 bridgehead atoms. The fourth-order valence-electron chi connectivity index (χ4n) is 2.45. The molecule has 0 saturated heterocycles. The summed E-state index contributed by atoms with van der Waals surface area (Å²) in [4.78, 5) is 28.6.